The molecule has 0 bridgehead atoms. The largest absolute Gasteiger partial charge is 0.376 e. The smallest absolute Gasteiger partial charge is 0.242 e. The summed E-state index contributed by atoms with van der Waals surface area (Å²) in [6.45, 7) is 8.62. The van der Waals surface area contributed by atoms with Crippen LogP contribution in [-0.4, -0.2) is 30.4 Å². The lowest BCUT2D eigenvalue weighted by molar-refractivity contribution is -0.129. The zero-order valence-corrected chi connectivity index (χ0v) is 12.6. The van der Waals surface area contributed by atoms with Gasteiger partial charge in [0.25, 0.3) is 0 Å². The summed E-state index contributed by atoms with van der Waals surface area (Å²) < 4.78 is 0. The minimum Gasteiger partial charge on any atom is -0.376 e. The monoisotopic (exact) mass is 272 g/mol. The summed E-state index contributed by atoms with van der Waals surface area (Å²) in [5.41, 5.74) is 2.67. The van der Waals surface area contributed by atoms with Gasteiger partial charge in [-0.3, -0.25) is 4.79 Å². The molecule has 1 heterocycles. The number of carbonyl (C=O) groups excluding carboxylic acids is 1. The van der Waals surface area contributed by atoms with E-state index >= 15 is 0 Å². The number of para-hydroxylation sites is 1. The van der Waals surface area contributed by atoms with Crippen molar-refractivity contribution in [2.75, 3.05) is 25.0 Å². The van der Waals surface area contributed by atoms with Crippen LogP contribution in [0.15, 0.2) is 42.0 Å². The first kappa shape index (κ1) is 14.6. The first-order valence-corrected chi connectivity index (χ1v) is 7.23. The predicted molar refractivity (Wildman–Crippen MR) is 83.7 cm³/mol. The third-order valence-corrected chi connectivity index (χ3v) is 3.74. The first-order valence-electron chi connectivity index (χ1n) is 7.23. The second-order valence-electron chi connectivity index (χ2n) is 6.29. The fourth-order valence-electron chi connectivity index (χ4n) is 2.42. The fourth-order valence-corrected chi connectivity index (χ4v) is 2.42. The minimum atomic E-state index is 0.165. The van der Waals surface area contributed by atoms with Crippen LogP contribution in [0.3, 0.4) is 0 Å². The number of benzene rings is 1. The third-order valence-electron chi connectivity index (χ3n) is 3.74. The lowest BCUT2D eigenvalue weighted by Crippen LogP contribution is -2.39. The van der Waals surface area contributed by atoms with E-state index < -0.39 is 0 Å². The molecule has 0 aliphatic carbocycles. The van der Waals surface area contributed by atoms with Gasteiger partial charge in [0.15, 0.2) is 0 Å². The number of hydrogen-bond acceptors (Lipinski definition) is 2. The molecule has 1 aliphatic rings. The summed E-state index contributed by atoms with van der Waals surface area (Å²) in [5.74, 6) is 0.165. The van der Waals surface area contributed by atoms with Gasteiger partial charge < -0.3 is 10.2 Å². The van der Waals surface area contributed by atoms with E-state index in [9.17, 15) is 4.79 Å². The normalized spacial score (nSPS) is 15.8. The van der Waals surface area contributed by atoms with Crippen molar-refractivity contribution in [2.45, 2.75) is 27.2 Å². The van der Waals surface area contributed by atoms with E-state index in [4.69, 9.17) is 0 Å². The van der Waals surface area contributed by atoms with Crippen LogP contribution in [0.5, 0.6) is 0 Å². The average Bonchev–Trinajstić information content (AvgIpc) is 2.45. The minimum absolute atomic E-state index is 0.165. The Balaban J connectivity index is 1.85. The highest BCUT2D eigenvalue weighted by Crippen LogP contribution is 2.29. The van der Waals surface area contributed by atoms with Crippen molar-refractivity contribution in [3.8, 4) is 0 Å². The van der Waals surface area contributed by atoms with Crippen LogP contribution in [0.2, 0.25) is 0 Å². The number of nitrogens with zero attached hydrogens (tertiary/aromatic N) is 1. The predicted octanol–water partition coefficient (Wildman–Crippen LogP) is 3.30. The van der Waals surface area contributed by atoms with Gasteiger partial charge in [0.05, 0.1) is 6.54 Å². The van der Waals surface area contributed by atoms with Gasteiger partial charge in [-0.2, -0.15) is 0 Å². The Morgan fingerprint density at radius 3 is 2.50 bits per heavy atom. The molecule has 1 N–H and O–H groups in total. The zero-order chi connectivity index (χ0) is 14.6. The molecule has 1 amide bonds. The summed E-state index contributed by atoms with van der Waals surface area (Å²) >= 11 is 0. The molecule has 1 aliphatic heterocycles. The van der Waals surface area contributed by atoms with Crippen LogP contribution in [-0.2, 0) is 4.79 Å². The van der Waals surface area contributed by atoms with E-state index in [1.807, 2.05) is 35.2 Å². The summed E-state index contributed by atoms with van der Waals surface area (Å²) in [6.07, 6.45) is 3.20. The topological polar surface area (TPSA) is 32.3 Å². The van der Waals surface area contributed by atoms with E-state index in [0.717, 1.165) is 25.2 Å². The molecule has 0 fully saturated rings. The SMILES string of the molecule is CC(C)(C)C1=CCN(C(=O)CNc2ccccc2)CC1. The molecule has 0 saturated carbocycles. The highest BCUT2D eigenvalue weighted by molar-refractivity contribution is 5.81. The molecule has 1 aromatic rings. The maximum atomic E-state index is 12.2. The van der Waals surface area contributed by atoms with Crippen molar-refractivity contribution >= 4 is 11.6 Å². The molecular weight excluding hydrogens is 248 g/mol. The average molecular weight is 272 g/mol. The number of nitrogens with one attached hydrogen (secondary N) is 1. The quantitative estimate of drug-likeness (QED) is 0.856. The lowest BCUT2D eigenvalue weighted by Gasteiger charge is -2.32. The van der Waals surface area contributed by atoms with E-state index in [0.29, 0.717) is 6.54 Å². The van der Waals surface area contributed by atoms with Crippen molar-refractivity contribution in [1.82, 2.24) is 4.90 Å². The second-order valence-corrected chi connectivity index (χ2v) is 6.29. The van der Waals surface area contributed by atoms with Crippen molar-refractivity contribution in [2.24, 2.45) is 5.41 Å². The van der Waals surface area contributed by atoms with Crippen LogP contribution in [0.4, 0.5) is 5.69 Å². The van der Waals surface area contributed by atoms with Crippen LogP contribution < -0.4 is 5.32 Å². The van der Waals surface area contributed by atoms with Gasteiger partial charge in [-0.1, -0.05) is 50.6 Å². The van der Waals surface area contributed by atoms with Gasteiger partial charge in [-0.05, 0) is 24.0 Å². The zero-order valence-electron chi connectivity index (χ0n) is 12.6. The fraction of sp³-hybridized carbons (Fsp3) is 0.471. The van der Waals surface area contributed by atoms with Gasteiger partial charge in [0.2, 0.25) is 5.91 Å². The highest BCUT2D eigenvalue weighted by Gasteiger charge is 2.23. The van der Waals surface area contributed by atoms with Crippen LogP contribution in [0, 0.1) is 5.41 Å². The Kier molecular flexibility index (Phi) is 4.48. The molecule has 20 heavy (non-hydrogen) atoms. The number of anilines is 1. The number of amides is 1. The molecular formula is C17H24N2O. The second kappa shape index (κ2) is 6.12. The van der Waals surface area contributed by atoms with Crippen molar-refractivity contribution < 1.29 is 4.79 Å². The third kappa shape index (κ3) is 3.86. The highest BCUT2D eigenvalue weighted by atomic mass is 16.2. The Bertz CT molecular complexity index is 485. The van der Waals surface area contributed by atoms with E-state index in [-0.39, 0.29) is 11.3 Å². The Labute approximate surface area is 121 Å². The summed E-state index contributed by atoms with van der Waals surface area (Å²) in [6, 6.07) is 9.84. The van der Waals surface area contributed by atoms with Crippen LogP contribution in [0.1, 0.15) is 27.2 Å². The first-order chi connectivity index (χ1) is 9.47. The summed E-state index contributed by atoms with van der Waals surface area (Å²) in [7, 11) is 0. The van der Waals surface area contributed by atoms with E-state index in [2.05, 4.69) is 32.2 Å². The Hall–Kier alpha value is -1.77. The molecule has 0 atom stereocenters. The van der Waals surface area contributed by atoms with Gasteiger partial charge >= 0.3 is 0 Å². The van der Waals surface area contributed by atoms with Crippen molar-refractivity contribution in [3.63, 3.8) is 0 Å². The molecule has 0 radical (unpaired) electrons. The number of rotatable bonds is 3. The van der Waals surface area contributed by atoms with Crippen molar-refractivity contribution in [3.05, 3.63) is 42.0 Å². The van der Waals surface area contributed by atoms with E-state index in [1.165, 1.54) is 5.57 Å². The number of carbonyl (C=O) groups is 1. The van der Waals surface area contributed by atoms with E-state index in [1.54, 1.807) is 0 Å². The Morgan fingerprint density at radius 1 is 1.25 bits per heavy atom. The van der Waals surface area contributed by atoms with Crippen molar-refractivity contribution in [1.29, 1.82) is 0 Å². The lowest BCUT2D eigenvalue weighted by atomic mass is 9.83. The molecule has 0 unspecified atom stereocenters. The van der Waals surface area contributed by atoms with Crippen LogP contribution >= 0.6 is 0 Å². The Morgan fingerprint density at radius 2 is 1.95 bits per heavy atom. The summed E-state index contributed by atoms with van der Waals surface area (Å²) in [4.78, 5) is 14.1. The standard InChI is InChI=1S/C17H24N2O/c1-17(2,3)14-9-11-19(12-10-14)16(20)13-18-15-7-5-4-6-8-15/h4-9,18H,10-13H2,1-3H3. The summed E-state index contributed by atoms with van der Waals surface area (Å²) in [5, 5.41) is 3.17. The molecule has 3 nitrogen and oxygen atoms in total. The maximum Gasteiger partial charge on any atom is 0.242 e. The molecule has 1 aromatic carbocycles. The van der Waals surface area contributed by atoms with Crippen LogP contribution in [0.25, 0.3) is 0 Å². The molecule has 0 spiro atoms. The van der Waals surface area contributed by atoms with Gasteiger partial charge in [0.1, 0.15) is 0 Å². The molecule has 0 saturated heterocycles. The molecule has 2 rings (SSSR count). The van der Waals surface area contributed by atoms with Gasteiger partial charge in [0, 0.05) is 18.8 Å². The van der Waals surface area contributed by atoms with Gasteiger partial charge in [-0.15, -0.1) is 0 Å². The molecule has 108 valence electrons. The maximum absolute atomic E-state index is 12.2. The molecule has 3 heteroatoms. The number of hydrogen-bond donors (Lipinski definition) is 1. The molecule has 0 aromatic heterocycles. The van der Waals surface area contributed by atoms with Gasteiger partial charge in [-0.25, -0.2) is 0 Å².